The van der Waals surface area contributed by atoms with Crippen LogP contribution in [-0.2, 0) is 6.42 Å². The molecule has 238 valence electrons. The van der Waals surface area contributed by atoms with Gasteiger partial charge in [0, 0.05) is 30.9 Å². The lowest BCUT2D eigenvalue weighted by Gasteiger charge is -2.38. The molecule has 2 N–H and O–H groups in total. The van der Waals surface area contributed by atoms with Gasteiger partial charge < -0.3 is 19.8 Å². The van der Waals surface area contributed by atoms with Crippen LogP contribution < -0.4 is 9.64 Å². The average molecular weight is 622 g/mol. The number of nitrogens with zero attached hydrogens (tertiary/aromatic N) is 5. The summed E-state index contributed by atoms with van der Waals surface area (Å²) in [5.41, 5.74) is -0.717. The normalized spacial score (nSPS) is 25.4. The standard InChI is InChI=1S/C34H38F3N5O3/c1-3-23-26(36)7-6-20-14-22(43)15-24(27(20)23)29-28(37)30-25(17-38-29)31(41-12-4-9-33(2,44)18-41)40-32(39-30)45-19-34-10-5-13-42(34)21(16-35)8-11-34/h6-7,14-15,17,21,43-44H,3-5,8-13,16,18-19H2,1-2H3/t21-,33+,34+/m0/s1. The summed E-state index contributed by atoms with van der Waals surface area (Å²) < 4.78 is 51.7. The summed E-state index contributed by atoms with van der Waals surface area (Å²) in [6.07, 6.45) is 6.59. The fraction of sp³-hybridized carbons (Fsp3) is 0.500. The summed E-state index contributed by atoms with van der Waals surface area (Å²) in [4.78, 5) is 17.9. The summed E-state index contributed by atoms with van der Waals surface area (Å²) in [7, 11) is 0. The molecule has 45 heavy (non-hydrogen) atoms. The Labute approximate surface area is 259 Å². The molecule has 0 radical (unpaired) electrons. The van der Waals surface area contributed by atoms with Gasteiger partial charge in [0.1, 0.15) is 41.9 Å². The van der Waals surface area contributed by atoms with Crippen LogP contribution in [0.3, 0.4) is 0 Å². The lowest BCUT2D eigenvalue weighted by atomic mass is 9.94. The largest absolute Gasteiger partial charge is 0.508 e. The molecule has 3 aliphatic rings. The van der Waals surface area contributed by atoms with Crippen molar-refractivity contribution >= 4 is 27.5 Å². The van der Waals surface area contributed by atoms with Crippen LogP contribution in [0.2, 0.25) is 0 Å². The molecule has 0 amide bonds. The predicted molar refractivity (Wildman–Crippen MR) is 166 cm³/mol. The zero-order chi connectivity index (χ0) is 31.5. The van der Waals surface area contributed by atoms with E-state index < -0.39 is 23.9 Å². The number of hydrogen-bond donors (Lipinski definition) is 2. The SMILES string of the molecule is CCc1c(F)ccc2cc(O)cc(-c3ncc4c(N5CCC[C@@](C)(O)C5)nc(OC[C@]56CCCN5[C@H](CF)CC6)nc4c3F)c12. The van der Waals surface area contributed by atoms with Gasteiger partial charge in [0.15, 0.2) is 5.82 Å². The quantitative estimate of drug-likeness (QED) is 0.256. The molecule has 0 aliphatic carbocycles. The van der Waals surface area contributed by atoms with Crippen LogP contribution in [0.5, 0.6) is 11.8 Å². The Hall–Kier alpha value is -3.70. The smallest absolute Gasteiger partial charge is 0.319 e. The van der Waals surface area contributed by atoms with Gasteiger partial charge in [0.25, 0.3) is 0 Å². The van der Waals surface area contributed by atoms with Crippen LogP contribution >= 0.6 is 0 Å². The maximum absolute atomic E-state index is 16.8. The summed E-state index contributed by atoms with van der Waals surface area (Å²) in [6.45, 7) is 5.13. The summed E-state index contributed by atoms with van der Waals surface area (Å²) in [6, 6.07) is 5.69. The number of β-amino-alcohol motifs (C(OH)–C–C–N with tert-alkyl or cyclic N) is 1. The Morgan fingerprint density at radius 1 is 1.09 bits per heavy atom. The Morgan fingerprint density at radius 2 is 1.91 bits per heavy atom. The molecule has 0 saturated carbocycles. The first kappa shape index (κ1) is 30.0. The molecule has 4 aromatic rings. The number of hydrogen-bond acceptors (Lipinski definition) is 8. The molecular formula is C34H38F3N5O3. The number of ether oxygens (including phenoxy) is 1. The third-order valence-corrected chi connectivity index (χ3v) is 10.1. The average Bonchev–Trinajstić information content (AvgIpc) is 3.58. The monoisotopic (exact) mass is 621 g/mol. The summed E-state index contributed by atoms with van der Waals surface area (Å²) >= 11 is 0. The maximum atomic E-state index is 16.8. The lowest BCUT2D eigenvalue weighted by Crippen LogP contribution is -2.47. The topological polar surface area (TPSA) is 94.8 Å². The van der Waals surface area contributed by atoms with E-state index in [1.165, 1.54) is 24.4 Å². The molecule has 3 aliphatic heterocycles. The van der Waals surface area contributed by atoms with Gasteiger partial charge in [-0.1, -0.05) is 13.0 Å². The molecule has 0 bridgehead atoms. The third-order valence-electron chi connectivity index (χ3n) is 10.1. The van der Waals surface area contributed by atoms with Crippen LogP contribution in [0.1, 0.15) is 57.9 Å². The molecule has 5 heterocycles. The second-order valence-electron chi connectivity index (χ2n) is 13.2. The number of fused-ring (bicyclic) bond motifs is 3. The fourth-order valence-corrected chi connectivity index (χ4v) is 7.92. The molecule has 0 unspecified atom stereocenters. The van der Waals surface area contributed by atoms with Crippen LogP contribution in [-0.4, -0.2) is 80.2 Å². The van der Waals surface area contributed by atoms with Crippen molar-refractivity contribution < 1.29 is 28.1 Å². The number of aliphatic hydroxyl groups is 1. The van der Waals surface area contributed by atoms with Crippen molar-refractivity contribution in [2.24, 2.45) is 0 Å². The molecule has 7 rings (SSSR count). The van der Waals surface area contributed by atoms with E-state index >= 15 is 4.39 Å². The van der Waals surface area contributed by atoms with Gasteiger partial charge in [-0.3, -0.25) is 9.88 Å². The number of pyridine rings is 1. The minimum absolute atomic E-state index is 0.00949. The summed E-state index contributed by atoms with van der Waals surface area (Å²) in [5.74, 6) is -0.860. The number of aromatic nitrogens is 3. The number of phenolic OH excluding ortho intramolecular Hbond substituents is 1. The van der Waals surface area contributed by atoms with Gasteiger partial charge in [-0.05, 0) is 92.9 Å². The van der Waals surface area contributed by atoms with Crippen molar-refractivity contribution in [1.82, 2.24) is 19.9 Å². The van der Waals surface area contributed by atoms with E-state index in [-0.39, 0.29) is 53.3 Å². The molecule has 3 saturated heterocycles. The van der Waals surface area contributed by atoms with Gasteiger partial charge in [-0.15, -0.1) is 0 Å². The minimum atomic E-state index is -0.960. The second kappa shape index (κ2) is 11.3. The lowest BCUT2D eigenvalue weighted by molar-refractivity contribution is 0.0446. The van der Waals surface area contributed by atoms with Gasteiger partial charge >= 0.3 is 6.01 Å². The number of anilines is 1. The molecule has 3 atom stereocenters. The molecule has 8 nitrogen and oxygen atoms in total. The van der Waals surface area contributed by atoms with E-state index in [0.29, 0.717) is 53.3 Å². The van der Waals surface area contributed by atoms with Crippen LogP contribution in [0.25, 0.3) is 32.9 Å². The number of aromatic hydroxyl groups is 1. The van der Waals surface area contributed by atoms with Gasteiger partial charge in [-0.2, -0.15) is 9.97 Å². The first-order valence-corrected chi connectivity index (χ1v) is 15.9. The highest BCUT2D eigenvalue weighted by Crippen LogP contribution is 2.43. The van der Waals surface area contributed by atoms with Crippen molar-refractivity contribution in [1.29, 1.82) is 0 Å². The number of benzene rings is 2. The van der Waals surface area contributed by atoms with Gasteiger partial charge in [0.2, 0.25) is 0 Å². The number of piperidine rings is 1. The Bertz CT molecular complexity index is 1790. The number of aryl methyl sites for hydroxylation is 1. The van der Waals surface area contributed by atoms with Crippen LogP contribution in [0, 0.1) is 11.6 Å². The highest BCUT2D eigenvalue weighted by Gasteiger charge is 2.50. The molecule has 0 spiro atoms. The Morgan fingerprint density at radius 3 is 2.69 bits per heavy atom. The highest BCUT2D eigenvalue weighted by atomic mass is 19.1. The second-order valence-corrected chi connectivity index (χ2v) is 13.2. The third kappa shape index (κ3) is 5.13. The number of halogens is 3. The van der Waals surface area contributed by atoms with E-state index in [1.54, 1.807) is 13.0 Å². The molecular weight excluding hydrogens is 583 g/mol. The van der Waals surface area contributed by atoms with Crippen LogP contribution in [0.4, 0.5) is 19.0 Å². The van der Waals surface area contributed by atoms with E-state index in [1.807, 2.05) is 11.8 Å². The van der Waals surface area contributed by atoms with Crippen molar-refractivity contribution in [2.45, 2.75) is 76.0 Å². The molecule has 2 aromatic heterocycles. The van der Waals surface area contributed by atoms with Gasteiger partial charge in [0.05, 0.1) is 16.5 Å². The van der Waals surface area contributed by atoms with E-state index in [4.69, 9.17) is 9.72 Å². The Balaban J connectivity index is 1.37. The zero-order valence-corrected chi connectivity index (χ0v) is 25.6. The van der Waals surface area contributed by atoms with Crippen molar-refractivity contribution in [3.63, 3.8) is 0 Å². The predicted octanol–water partition coefficient (Wildman–Crippen LogP) is 6.09. The number of rotatable bonds is 7. The van der Waals surface area contributed by atoms with Gasteiger partial charge in [-0.25, -0.2) is 13.2 Å². The summed E-state index contributed by atoms with van der Waals surface area (Å²) in [5, 5.41) is 22.8. The van der Waals surface area contributed by atoms with E-state index in [0.717, 1.165) is 32.2 Å². The molecule has 2 aromatic carbocycles. The number of alkyl halides is 1. The first-order valence-electron chi connectivity index (χ1n) is 15.9. The molecule has 3 fully saturated rings. The number of phenols is 1. The van der Waals surface area contributed by atoms with Crippen molar-refractivity contribution in [2.75, 3.05) is 37.8 Å². The highest BCUT2D eigenvalue weighted by molar-refractivity contribution is 6.01. The van der Waals surface area contributed by atoms with E-state index in [9.17, 15) is 19.0 Å². The van der Waals surface area contributed by atoms with Crippen LogP contribution in [0.15, 0.2) is 30.5 Å². The van der Waals surface area contributed by atoms with E-state index in [2.05, 4.69) is 14.9 Å². The van der Waals surface area contributed by atoms with Crippen molar-refractivity contribution in [3.05, 3.63) is 47.7 Å². The zero-order valence-electron chi connectivity index (χ0n) is 25.6. The molecule has 11 heteroatoms. The minimum Gasteiger partial charge on any atom is -0.508 e. The maximum Gasteiger partial charge on any atom is 0.319 e. The first-order chi connectivity index (χ1) is 21.6. The fourth-order valence-electron chi connectivity index (χ4n) is 7.92. The van der Waals surface area contributed by atoms with Crippen molar-refractivity contribution in [3.8, 4) is 23.0 Å². The Kier molecular flexibility index (Phi) is 7.51.